The quantitative estimate of drug-likeness (QED) is 0.522. The molecule has 0 aromatic carbocycles. The first-order valence-electron chi connectivity index (χ1n) is 13.6. The normalized spacial score (nSPS) is 45.4. The van der Waals surface area contributed by atoms with Gasteiger partial charge in [0.2, 0.25) is 0 Å². The smallest absolute Gasteiger partial charge is 0.303 e. The lowest BCUT2D eigenvalue weighted by molar-refractivity contribution is -0.248. The molecule has 0 aliphatic heterocycles. The fourth-order valence-electron chi connectivity index (χ4n) is 9.46. The molecule has 0 aromatic heterocycles. The van der Waals surface area contributed by atoms with Crippen molar-refractivity contribution in [2.45, 2.75) is 111 Å². The van der Waals surface area contributed by atoms with E-state index in [-0.39, 0.29) is 53.0 Å². The second kappa shape index (κ2) is 9.68. The third-order valence-corrected chi connectivity index (χ3v) is 10.8. The largest absolute Gasteiger partial charge is 0.481 e. The first-order chi connectivity index (χ1) is 16.4. The molecule has 4 aliphatic rings. The highest BCUT2D eigenvalue weighted by Gasteiger charge is 2.69. The number of hydrogen-bond donors (Lipinski definition) is 2. The summed E-state index contributed by atoms with van der Waals surface area (Å²) in [5.74, 6) is -0.0590. The van der Waals surface area contributed by atoms with Crippen LogP contribution in [0.2, 0.25) is 0 Å². The Morgan fingerprint density at radius 3 is 2.31 bits per heavy atom. The number of fused-ring (bicyclic) bond motifs is 5. The van der Waals surface area contributed by atoms with Crippen LogP contribution < -0.4 is 0 Å². The van der Waals surface area contributed by atoms with Gasteiger partial charge in [0, 0.05) is 31.6 Å². The predicted molar refractivity (Wildman–Crippen MR) is 129 cm³/mol. The van der Waals surface area contributed by atoms with Crippen molar-refractivity contribution >= 4 is 17.9 Å². The highest BCUT2D eigenvalue weighted by Crippen LogP contribution is 2.69. The van der Waals surface area contributed by atoms with Crippen LogP contribution in [0.4, 0.5) is 0 Å². The summed E-state index contributed by atoms with van der Waals surface area (Å²) in [5, 5.41) is 19.7. The number of carboxylic acids is 1. The molecule has 0 spiro atoms. The average molecular weight is 493 g/mol. The van der Waals surface area contributed by atoms with E-state index in [0.29, 0.717) is 24.2 Å². The Morgan fingerprint density at radius 2 is 1.69 bits per heavy atom. The van der Waals surface area contributed by atoms with Gasteiger partial charge in [0.15, 0.2) is 0 Å². The maximum absolute atomic E-state index is 12.5. The molecular weight excluding hydrogens is 448 g/mol. The lowest BCUT2D eigenvalue weighted by Crippen LogP contribution is -2.67. The van der Waals surface area contributed by atoms with E-state index in [2.05, 4.69) is 20.8 Å². The summed E-state index contributed by atoms with van der Waals surface area (Å²) < 4.78 is 12.3. The van der Waals surface area contributed by atoms with Gasteiger partial charge in [-0.15, -0.1) is 0 Å². The highest BCUT2D eigenvalue weighted by atomic mass is 16.6. The molecule has 0 heterocycles. The van der Waals surface area contributed by atoms with Crippen LogP contribution in [-0.4, -0.2) is 46.4 Å². The van der Waals surface area contributed by atoms with E-state index in [9.17, 15) is 24.6 Å². The molecule has 4 fully saturated rings. The second-order valence-electron chi connectivity index (χ2n) is 12.6. The monoisotopic (exact) mass is 492 g/mol. The third kappa shape index (κ3) is 4.51. The van der Waals surface area contributed by atoms with Gasteiger partial charge in [-0.05, 0) is 86.4 Å². The van der Waals surface area contributed by atoms with Crippen molar-refractivity contribution in [3.63, 3.8) is 0 Å². The van der Waals surface area contributed by atoms with Crippen molar-refractivity contribution < 1.29 is 34.1 Å². The summed E-state index contributed by atoms with van der Waals surface area (Å²) in [6, 6.07) is 0. The number of esters is 2. The van der Waals surface area contributed by atoms with Gasteiger partial charge in [-0.3, -0.25) is 14.4 Å². The molecule has 4 aliphatic carbocycles. The van der Waals surface area contributed by atoms with E-state index in [1.807, 2.05) is 0 Å². The van der Waals surface area contributed by atoms with Crippen LogP contribution in [0, 0.1) is 46.3 Å². The molecule has 7 nitrogen and oxygen atoms in total. The summed E-state index contributed by atoms with van der Waals surface area (Å²) >= 11 is 0. The molecule has 11 atom stereocenters. The van der Waals surface area contributed by atoms with Crippen molar-refractivity contribution in [1.29, 1.82) is 0 Å². The van der Waals surface area contributed by atoms with E-state index >= 15 is 0 Å². The minimum absolute atomic E-state index is 0.0770. The topological polar surface area (TPSA) is 110 Å². The number of aliphatic carboxylic acids is 1. The minimum Gasteiger partial charge on any atom is -0.481 e. The summed E-state index contributed by atoms with van der Waals surface area (Å²) in [7, 11) is 0. The van der Waals surface area contributed by atoms with E-state index in [4.69, 9.17) is 9.47 Å². The van der Waals surface area contributed by atoms with E-state index < -0.39 is 18.2 Å². The Morgan fingerprint density at radius 1 is 1.00 bits per heavy atom. The zero-order chi connectivity index (χ0) is 25.7. The second-order valence-corrected chi connectivity index (χ2v) is 12.6. The summed E-state index contributed by atoms with van der Waals surface area (Å²) in [6.07, 6.45) is 5.83. The number of carboxylic acid groups (broad SMARTS) is 1. The van der Waals surface area contributed by atoms with Gasteiger partial charge in [0.25, 0.3) is 0 Å². The molecule has 7 heteroatoms. The number of aliphatic hydroxyl groups excluding tert-OH is 1. The van der Waals surface area contributed by atoms with Crippen LogP contribution in [0.5, 0.6) is 0 Å². The number of hydrogen-bond acceptors (Lipinski definition) is 6. The number of rotatable bonds is 6. The molecule has 2 N–H and O–H groups in total. The Labute approximate surface area is 209 Å². The molecular formula is C28H44O7. The van der Waals surface area contributed by atoms with Crippen molar-refractivity contribution in [2.75, 3.05) is 0 Å². The molecule has 4 saturated carbocycles. The SMILES string of the molecule is CC(=O)OC1C(OC(C)=O)[C@]2(C)[C@@H]([C@H](C)CCC(=O)O)CC[C@H]2[C@@H]2CC[C@@H]3C[C@H](O)CC[C@]3(C)[C@@H]12. The molecule has 2 unspecified atom stereocenters. The van der Waals surface area contributed by atoms with Gasteiger partial charge in [-0.1, -0.05) is 20.8 Å². The molecule has 0 aromatic rings. The number of carbonyl (C=O) groups excluding carboxylic acids is 2. The van der Waals surface area contributed by atoms with Crippen LogP contribution in [0.15, 0.2) is 0 Å². The van der Waals surface area contributed by atoms with Gasteiger partial charge in [-0.25, -0.2) is 0 Å². The summed E-state index contributed by atoms with van der Waals surface area (Å²) in [4.78, 5) is 36.2. The standard InChI is InChI=1S/C28H44O7/c1-15(6-11-23(32)33)21-9-10-22-20-8-7-18-14-19(31)12-13-27(18,4)24(20)25(34-16(2)29)26(28(21,22)5)35-17(3)30/h15,18-22,24-26,31H,6-14H2,1-5H3,(H,32,33)/t15-,18-,19-,20+,21-,22+,24-,25?,26?,27+,28-/m1/s1. The van der Waals surface area contributed by atoms with Crippen LogP contribution in [-0.2, 0) is 23.9 Å². The molecule has 4 rings (SSSR count). The van der Waals surface area contributed by atoms with Gasteiger partial charge in [0.1, 0.15) is 12.2 Å². The summed E-state index contributed by atoms with van der Waals surface area (Å²) in [5.41, 5.74) is -0.475. The van der Waals surface area contributed by atoms with Crippen molar-refractivity contribution in [2.24, 2.45) is 46.3 Å². The molecule has 198 valence electrons. The Balaban J connectivity index is 1.78. The highest BCUT2D eigenvalue weighted by molar-refractivity contribution is 5.68. The summed E-state index contributed by atoms with van der Waals surface area (Å²) in [6.45, 7) is 9.51. The number of carbonyl (C=O) groups is 3. The fourth-order valence-corrected chi connectivity index (χ4v) is 9.46. The predicted octanol–water partition coefficient (Wildman–Crippen LogP) is 4.59. The Bertz CT molecular complexity index is 841. The van der Waals surface area contributed by atoms with Crippen LogP contribution in [0.25, 0.3) is 0 Å². The lowest BCUT2D eigenvalue weighted by atomic mass is 9.42. The zero-order valence-electron chi connectivity index (χ0n) is 22.0. The molecule has 0 radical (unpaired) electrons. The lowest BCUT2D eigenvalue weighted by Gasteiger charge is -2.64. The number of ether oxygens (including phenoxy) is 2. The van der Waals surface area contributed by atoms with Crippen molar-refractivity contribution in [3.05, 3.63) is 0 Å². The van der Waals surface area contributed by atoms with E-state index in [0.717, 1.165) is 44.9 Å². The van der Waals surface area contributed by atoms with Gasteiger partial charge >= 0.3 is 17.9 Å². The molecule has 0 saturated heterocycles. The Hall–Kier alpha value is -1.63. The maximum Gasteiger partial charge on any atom is 0.303 e. The van der Waals surface area contributed by atoms with Gasteiger partial charge < -0.3 is 19.7 Å². The first-order valence-corrected chi connectivity index (χ1v) is 13.6. The van der Waals surface area contributed by atoms with Crippen LogP contribution in [0.3, 0.4) is 0 Å². The molecule has 0 amide bonds. The van der Waals surface area contributed by atoms with E-state index in [1.54, 1.807) is 0 Å². The fraction of sp³-hybridized carbons (Fsp3) is 0.893. The van der Waals surface area contributed by atoms with Crippen LogP contribution >= 0.6 is 0 Å². The Kier molecular flexibility index (Phi) is 7.31. The number of aliphatic hydroxyl groups is 1. The van der Waals surface area contributed by atoms with Crippen molar-refractivity contribution in [3.8, 4) is 0 Å². The zero-order valence-corrected chi connectivity index (χ0v) is 22.0. The molecule has 35 heavy (non-hydrogen) atoms. The van der Waals surface area contributed by atoms with Crippen LogP contribution in [0.1, 0.15) is 92.4 Å². The van der Waals surface area contributed by atoms with Gasteiger partial charge in [0.05, 0.1) is 6.10 Å². The minimum atomic E-state index is -0.791. The van der Waals surface area contributed by atoms with Gasteiger partial charge in [-0.2, -0.15) is 0 Å². The third-order valence-electron chi connectivity index (χ3n) is 10.8. The molecule has 0 bridgehead atoms. The average Bonchev–Trinajstić information content (AvgIpc) is 3.12. The maximum atomic E-state index is 12.5. The first kappa shape index (κ1) is 26.4. The van der Waals surface area contributed by atoms with Crippen molar-refractivity contribution in [1.82, 2.24) is 0 Å². The van der Waals surface area contributed by atoms with E-state index in [1.165, 1.54) is 13.8 Å².